The van der Waals surface area contributed by atoms with Gasteiger partial charge < -0.3 is 5.11 Å². The van der Waals surface area contributed by atoms with Gasteiger partial charge in [-0.15, -0.1) is 0 Å². The number of hydrogen-bond donors (Lipinski definition) is 1. The Labute approximate surface area is 95.9 Å². The smallest absolute Gasteiger partial charge is 0.0690 e. The summed E-state index contributed by atoms with van der Waals surface area (Å²) in [5.74, 6) is 0.554. The van der Waals surface area contributed by atoms with Gasteiger partial charge >= 0.3 is 0 Å². The highest BCUT2D eigenvalue weighted by atomic mass is 28.3. The van der Waals surface area contributed by atoms with Crippen LogP contribution in [-0.4, -0.2) is 19.3 Å². The van der Waals surface area contributed by atoms with Crippen molar-refractivity contribution in [3.63, 3.8) is 0 Å². The minimum absolute atomic E-state index is 0.217. The fraction of sp³-hybridized carbons (Fsp3) is 0.692. The van der Waals surface area contributed by atoms with Gasteiger partial charge in [0.15, 0.2) is 0 Å². The van der Waals surface area contributed by atoms with E-state index in [2.05, 4.69) is 45.8 Å². The number of aliphatic hydroxyl groups excluding tert-OH is 1. The molecule has 0 aliphatic heterocycles. The highest BCUT2D eigenvalue weighted by Gasteiger charge is 2.13. The first-order valence-corrected chi connectivity index (χ1v) is 9.34. The molecule has 0 heterocycles. The second kappa shape index (κ2) is 6.29. The van der Waals surface area contributed by atoms with Crippen LogP contribution in [0.3, 0.4) is 0 Å². The lowest BCUT2D eigenvalue weighted by molar-refractivity contribution is 0.150. The molecule has 0 aromatic carbocycles. The second-order valence-corrected chi connectivity index (χ2v) is 10.8. The van der Waals surface area contributed by atoms with Crippen LogP contribution in [0.4, 0.5) is 0 Å². The largest absolute Gasteiger partial charge is 0.393 e. The molecule has 0 saturated heterocycles. The van der Waals surface area contributed by atoms with Gasteiger partial charge in [0.25, 0.3) is 0 Å². The molecule has 0 radical (unpaired) electrons. The molecule has 1 nitrogen and oxygen atoms in total. The van der Waals surface area contributed by atoms with E-state index in [-0.39, 0.29) is 6.10 Å². The zero-order valence-electron chi connectivity index (χ0n) is 10.9. The Morgan fingerprint density at radius 2 is 1.87 bits per heavy atom. The Kier molecular flexibility index (Phi) is 6.14. The van der Waals surface area contributed by atoms with Crippen LogP contribution in [0.2, 0.25) is 19.6 Å². The summed E-state index contributed by atoms with van der Waals surface area (Å²) < 4.78 is 0. The summed E-state index contributed by atoms with van der Waals surface area (Å²) in [5.41, 5.74) is 3.53. The lowest BCUT2D eigenvalue weighted by Crippen LogP contribution is -2.18. The van der Waals surface area contributed by atoms with E-state index < -0.39 is 8.07 Å². The summed E-state index contributed by atoms with van der Waals surface area (Å²) in [4.78, 5) is 0. The lowest BCUT2D eigenvalue weighted by atomic mass is 10.0. The van der Waals surface area contributed by atoms with E-state index in [9.17, 15) is 5.11 Å². The summed E-state index contributed by atoms with van der Waals surface area (Å²) in [6.07, 6.45) is 3.30. The van der Waals surface area contributed by atoms with E-state index in [0.717, 1.165) is 12.8 Å². The molecule has 0 aromatic heterocycles. The van der Waals surface area contributed by atoms with Crippen LogP contribution < -0.4 is 0 Å². The Morgan fingerprint density at radius 1 is 1.33 bits per heavy atom. The molecule has 0 aromatic rings. The van der Waals surface area contributed by atoms with Gasteiger partial charge in [0.2, 0.25) is 0 Å². The molecule has 0 spiro atoms. The van der Waals surface area contributed by atoms with Crippen LogP contribution in [-0.2, 0) is 0 Å². The SMILES string of the molecule is C=C/C(=C\[Si](C)(C)C)C[C@@H](O)CC(C)C. The van der Waals surface area contributed by atoms with Gasteiger partial charge in [0, 0.05) is 0 Å². The molecule has 0 rings (SSSR count). The second-order valence-electron chi connectivity index (χ2n) is 5.78. The molecule has 0 bridgehead atoms. The van der Waals surface area contributed by atoms with Crippen molar-refractivity contribution >= 4 is 8.07 Å². The van der Waals surface area contributed by atoms with E-state index in [1.54, 1.807) is 0 Å². The van der Waals surface area contributed by atoms with E-state index in [0.29, 0.717) is 5.92 Å². The number of hydrogen-bond acceptors (Lipinski definition) is 1. The van der Waals surface area contributed by atoms with Gasteiger partial charge in [0.05, 0.1) is 14.2 Å². The van der Waals surface area contributed by atoms with Gasteiger partial charge in [-0.05, 0) is 18.8 Å². The van der Waals surface area contributed by atoms with E-state index in [1.165, 1.54) is 5.57 Å². The van der Waals surface area contributed by atoms with Crippen LogP contribution in [0, 0.1) is 5.92 Å². The fourth-order valence-electron chi connectivity index (χ4n) is 1.66. The van der Waals surface area contributed by atoms with E-state index >= 15 is 0 Å². The zero-order chi connectivity index (χ0) is 12.1. The highest BCUT2D eigenvalue weighted by Crippen LogP contribution is 2.16. The normalized spacial score (nSPS) is 15.5. The third-order valence-corrected chi connectivity index (χ3v) is 3.33. The average Bonchev–Trinajstić information content (AvgIpc) is 1.98. The maximum absolute atomic E-state index is 9.84. The molecular weight excluding hydrogens is 200 g/mol. The fourth-order valence-corrected chi connectivity index (χ4v) is 3.01. The van der Waals surface area contributed by atoms with E-state index in [1.807, 2.05) is 6.08 Å². The maximum atomic E-state index is 9.84. The lowest BCUT2D eigenvalue weighted by Gasteiger charge is -2.16. The summed E-state index contributed by atoms with van der Waals surface area (Å²) in [7, 11) is -1.19. The molecule has 0 saturated carbocycles. The van der Waals surface area contributed by atoms with Crippen LogP contribution in [0.1, 0.15) is 26.7 Å². The topological polar surface area (TPSA) is 20.2 Å². The van der Waals surface area contributed by atoms with Gasteiger partial charge in [-0.25, -0.2) is 0 Å². The van der Waals surface area contributed by atoms with Gasteiger partial charge in [0.1, 0.15) is 0 Å². The van der Waals surface area contributed by atoms with Crippen molar-refractivity contribution in [3.05, 3.63) is 23.9 Å². The van der Waals surface area contributed by atoms with Crippen LogP contribution in [0.15, 0.2) is 23.9 Å². The van der Waals surface area contributed by atoms with Crippen LogP contribution in [0.25, 0.3) is 0 Å². The molecule has 2 heteroatoms. The Morgan fingerprint density at radius 3 is 2.20 bits per heavy atom. The standard InChI is InChI=1S/C13H26OSi/c1-7-12(10-15(4,5)6)9-13(14)8-11(2)3/h7,10-11,13-14H,1,8-9H2,2-6H3/b12-10+/t13-/m0/s1. The number of allylic oxidation sites excluding steroid dienone is 1. The molecule has 15 heavy (non-hydrogen) atoms. The molecule has 0 fully saturated rings. The van der Waals surface area contributed by atoms with Crippen molar-refractivity contribution in [2.45, 2.75) is 52.4 Å². The Balaban J connectivity index is 4.34. The van der Waals surface area contributed by atoms with Crippen LogP contribution in [0.5, 0.6) is 0 Å². The third kappa shape index (κ3) is 8.64. The first-order valence-electron chi connectivity index (χ1n) is 5.77. The molecule has 1 N–H and O–H groups in total. The summed E-state index contributed by atoms with van der Waals surface area (Å²) in [6.45, 7) is 15.0. The molecule has 88 valence electrons. The molecule has 1 atom stereocenters. The van der Waals surface area contributed by atoms with Gasteiger partial charge in [-0.3, -0.25) is 0 Å². The summed E-state index contributed by atoms with van der Waals surface area (Å²) in [6, 6.07) is 0. The third-order valence-electron chi connectivity index (χ3n) is 2.10. The predicted molar refractivity (Wildman–Crippen MR) is 71.7 cm³/mol. The van der Waals surface area contributed by atoms with Crippen molar-refractivity contribution in [2.24, 2.45) is 5.92 Å². The number of aliphatic hydroxyl groups is 1. The maximum Gasteiger partial charge on any atom is 0.0690 e. The van der Waals surface area contributed by atoms with Crippen molar-refractivity contribution in [3.8, 4) is 0 Å². The molecule has 0 aliphatic rings. The van der Waals surface area contributed by atoms with E-state index in [4.69, 9.17) is 0 Å². The molecule has 0 aliphatic carbocycles. The van der Waals surface area contributed by atoms with Crippen molar-refractivity contribution in [2.75, 3.05) is 0 Å². The predicted octanol–water partition coefficient (Wildman–Crippen LogP) is 3.77. The van der Waals surface area contributed by atoms with Gasteiger partial charge in [-0.2, -0.15) is 0 Å². The first-order chi connectivity index (χ1) is 6.74. The Bertz CT molecular complexity index is 223. The van der Waals surface area contributed by atoms with Gasteiger partial charge in [-0.1, -0.05) is 57.4 Å². The Hall–Kier alpha value is -0.343. The van der Waals surface area contributed by atoms with Crippen molar-refractivity contribution in [1.29, 1.82) is 0 Å². The van der Waals surface area contributed by atoms with Crippen molar-refractivity contribution in [1.82, 2.24) is 0 Å². The summed E-state index contributed by atoms with van der Waals surface area (Å²) >= 11 is 0. The molecule has 0 unspecified atom stereocenters. The number of rotatable bonds is 6. The first kappa shape index (κ1) is 14.7. The zero-order valence-corrected chi connectivity index (χ0v) is 11.9. The quantitative estimate of drug-likeness (QED) is 0.540. The minimum atomic E-state index is -1.19. The average molecular weight is 226 g/mol. The molecule has 0 amide bonds. The highest BCUT2D eigenvalue weighted by molar-refractivity contribution is 6.81. The van der Waals surface area contributed by atoms with Crippen LogP contribution >= 0.6 is 0 Å². The monoisotopic (exact) mass is 226 g/mol. The molecular formula is C13H26OSi. The van der Waals surface area contributed by atoms with Crippen molar-refractivity contribution < 1.29 is 5.11 Å². The minimum Gasteiger partial charge on any atom is -0.393 e. The summed E-state index contributed by atoms with van der Waals surface area (Å²) in [5, 5.41) is 9.84.